The largest absolute Gasteiger partial charge is 0.756 e. The highest BCUT2D eigenvalue weighted by Crippen LogP contribution is 2.49. The molecule has 2 aliphatic rings. The number of nitrogens with one attached hydrogen (secondary N) is 1. The number of phosphoric acid groups is 1. The number of hydrogen-bond donors (Lipinski definition) is 2. The molecule has 5 unspecified atom stereocenters. The molecule has 0 spiro atoms. The molecule has 2 N–H and O–H groups in total. The van der Waals surface area contributed by atoms with Crippen molar-refractivity contribution >= 4 is 30.6 Å². The molecule has 0 aromatic carbocycles. The highest BCUT2D eigenvalue weighted by molar-refractivity contribution is 7.45. The van der Waals surface area contributed by atoms with Gasteiger partial charge in [-0.1, -0.05) is 11.6 Å². The maximum Gasteiger partial charge on any atom is 0.330 e. The van der Waals surface area contributed by atoms with Crippen LogP contribution in [0.2, 0.25) is 5.15 Å². The van der Waals surface area contributed by atoms with Crippen LogP contribution < -0.4 is 10.6 Å². The maximum atomic E-state index is 12.2. The average molecular weight is 364 g/mol. The third-order valence-corrected chi connectivity index (χ3v) is 4.93. The maximum absolute atomic E-state index is 12.2. The van der Waals surface area contributed by atoms with E-state index in [1.54, 1.807) is 0 Å². The Morgan fingerprint density at radius 1 is 1.52 bits per heavy atom. The topological polar surface area (TPSA) is 152 Å². The van der Waals surface area contributed by atoms with Gasteiger partial charge in [0, 0.05) is 0 Å². The van der Waals surface area contributed by atoms with E-state index in [1.165, 1.54) is 0 Å². The number of phosphoric ester groups is 1. The minimum absolute atomic E-state index is 0.0272. The third kappa shape index (κ3) is 2.32. The van der Waals surface area contributed by atoms with Gasteiger partial charge in [0.15, 0.2) is 17.0 Å². The van der Waals surface area contributed by atoms with Gasteiger partial charge in [0.1, 0.15) is 30.2 Å². The standard InChI is InChI=1S/C10H10ClN4O7P/c11-7-4-8(13-2-12-7)15(10(17)14-4)9-5(16)6-3(21-9)1-20-23(18,19)22-6/h2-3,5-6,9,16H,1H2,(H,14,17)(H,18,19)/p-1. The van der Waals surface area contributed by atoms with Crippen molar-refractivity contribution in [3.8, 4) is 0 Å². The molecular formula is C10H9ClN4O7P-. The lowest BCUT2D eigenvalue weighted by Gasteiger charge is -2.34. The molecule has 0 bridgehead atoms. The molecule has 2 fully saturated rings. The summed E-state index contributed by atoms with van der Waals surface area (Å²) >= 11 is 5.88. The molecule has 0 amide bonds. The van der Waals surface area contributed by atoms with Gasteiger partial charge in [0.25, 0.3) is 7.82 Å². The lowest BCUT2D eigenvalue weighted by atomic mass is 10.1. The SMILES string of the molecule is O=c1[nH]c2c(Cl)ncnc2n1C1OC2COP(=O)([O-])OC2C1O. The number of hydrogen-bond acceptors (Lipinski definition) is 9. The minimum atomic E-state index is -4.50. The molecule has 23 heavy (non-hydrogen) atoms. The summed E-state index contributed by atoms with van der Waals surface area (Å²) in [5, 5.41) is 10.4. The predicted molar refractivity (Wildman–Crippen MR) is 71.5 cm³/mol. The number of aliphatic hydroxyl groups is 1. The van der Waals surface area contributed by atoms with E-state index in [0.29, 0.717) is 0 Å². The molecule has 2 aliphatic heterocycles. The molecule has 2 saturated heterocycles. The zero-order valence-corrected chi connectivity index (χ0v) is 12.8. The van der Waals surface area contributed by atoms with Gasteiger partial charge in [-0.25, -0.2) is 19.3 Å². The molecule has 2 aromatic rings. The highest BCUT2D eigenvalue weighted by Gasteiger charge is 2.50. The van der Waals surface area contributed by atoms with E-state index in [0.717, 1.165) is 10.9 Å². The Bertz CT molecular complexity index is 884. The van der Waals surface area contributed by atoms with Crippen molar-refractivity contribution < 1.29 is 28.3 Å². The van der Waals surface area contributed by atoms with Crippen LogP contribution in [-0.2, 0) is 18.3 Å². The van der Waals surface area contributed by atoms with E-state index < -0.39 is 38.1 Å². The van der Waals surface area contributed by atoms with Crippen LogP contribution in [0, 0.1) is 0 Å². The first-order valence-corrected chi connectivity index (χ1v) is 8.29. The number of halogens is 1. The summed E-state index contributed by atoms with van der Waals surface area (Å²) in [5.74, 6) is 0. The van der Waals surface area contributed by atoms with Gasteiger partial charge in [0.2, 0.25) is 0 Å². The highest BCUT2D eigenvalue weighted by atomic mass is 35.5. The first kappa shape index (κ1) is 15.2. The van der Waals surface area contributed by atoms with Crippen LogP contribution in [0.3, 0.4) is 0 Å². The molecule has 5 atom stereocenters. The fourth-order valence-electron chi connectivity index (χ4n) is 2.69. The number of aromatic nitrogens is 4. The lowest BCUT2D eigenvalue weighted by molar-refractivity contribution is -0.245. The second-order valence-electron chi connectivity index (χ2n) is 5.03. The summed E-state index contributed by atoms with van der Waals surface area (Å²) in [6.45, 7) is -0.314. The van der Waals surface area contributed by atoms with Crippen molar-refractivity contribution in [2.75, 3.05) is 6.61 Å². The van der Waals surface area contributed by atoms with Crippen LogP contribution >= 0.6 is 19.4 Å². The van der Waals surface area contributed by atoms with Gasteiger partial charge in [0.05, 0.1) is 6.61 Å². The monoisotopic (exact) mass is 363 g/mol. The molecule has 4 heterocycles. The Hall–Kier alpha value is -1.33. The Labute approximate surface area is 132 Å². The number of aromatic amines is 1. The Balaban J connectivity index is 1.78. The Morgan fingerprint density at radius 2 is 2.30 bits per heavy atom. The van der Waals surface area contributed by atoms with Gasteiger partial charge in [-0.05, 0) is 0 Å². The fourth-order valence-corrected chi connectivity index (χ4v) is 3.81. The predicted octanol–water partition coefficient (Wildman–Crippen LogP) is -1.08. The van der Waals surface area contributed by atoms with E-state index in [2.05, 4.69) is 19.5 Å². The Morgan fingerprint density at radius 3 is 3.09 bits per heavy atom. The van der Waals surface area contributed by atoms with E-state index >= 15 is 0 Å². The quantitative estimate of drug-likeness (QED) is 0.475. The van der Waals surface area contributed by atoms with Gasteiger partial charge >= 0.3 is 5.69 Å². The van der Waals surface area contributed by atoms with Crippen molar-refractivity contribution in [1.82, 2.24) is 19.5 Å². The molecule has 0 radical (unpaired) electrons. The van der Waals surface area contributed by atoms with Gasteiger partial charge < -0.3 is 28.8 Å². The molecule has 124 valence electrons. The molecule has 4 rings (SSSR count). The molecule has 11 nitrogen and oxygen atoms in total. The van der Waals surface area contributed by atoms with Crippen LogP contribution in [0.25, 0.3) is 11.2 Å². The molecule has 13 heteroatoms. The van der Waals surface area contributed by atoms with Crippen LogP contribution in [0.15, 0.2) is 11.1 Å². The summed E-state index contributed by atoms with van der Waals surface area (Å²) in [4.78, 5) is 33.7. The van der Waals surface area contributed by atoms with E-state index in [4.69, 9.17) is 20.9 Å². The van der Waals surface area contributed by atoms with E-state index in [9.17, 15) is 19.4 Å². The first-order valence-electron chi connectivity index (χ1n) is 6.45. The van der Waals surface area contributed by atoms with Crippen molar-refractivity contribution in [2.45, 2.75) is 24.5 Å². The summed E-state index contributed by atoms with van der Waals surface area (Å²) in [5.41, 5.74) is -0.350. The third-order valence-electron chi connectivity index (χ3n) is 3.67. The van der Waals surface area contributed by atoms with Crippen LogP contribution in [-0.4, -0.2) is 49.5 Å². The molecular weight excluding hydrogens is 355 g/mol. The first-order chi connectivity index (χ1) is 10.9. The second kappa shape index (κ2) is 5.08. The number of rotatable bonds is 1. The minimum Gasteiger partial charge on any atom is -0.756 e. The number of nitrogens with zero attached hydrogens (tertiary/aromatic N) is 3. The Kier molecular flexibility index (Phi) is 3.36. The van der Waals surface area contributed by atoms with Gasteiger partial charge in [-0.3, -0.25) is 4.57 Å². The summed E-state index contributed by atoms with van der Waals surface area (Å²) in [6.07, 6.45) is -3.50. The van der Waals surface area contributed by atoms with Crippen molar-refractivity contribution in [2.24, 2.45) is 0 Å². The van der Waals surface area contributed by atoms with Crippen molar-refractivity contribution in [3.63, 3.8) is 0 Å². The number of imidazole rings is 1. The smallest absolute Gasteiger partial charge is 0.330 e. The fraction of sp³-hybridized carbons (Fsp3) is 0.500. The van der Waals surface area contributed by atoms with Crippen LogP contribution in [0.5, 0.6) is 0 Å². The summed E-state index contributed by atoms with van der Waals surface area (Å²) in [7, 11) is -4.50. The summed E-state index contributed by atoms with van der Waals surface area (Å²) < 4.78 is 27.2. The van der Waals surface area contributed by atoms with E-state index in [-0.39, 0.29) is 22.9 Å². The van der Waals surface area contributed by atoms with Crippen LogP contribution in [0.1, 0.15) is 6.23 Å². The van der Waals surface area contributed by atoms with Crippen molar-refractivity contribution in [1.29, 1.82) is 0 Å². The van der Waals surface area contributed by atoms with Gasteiger partial charge in [-0.15, -0.1) is 0 Å². The number of ether oxygens (including phenoxy) is 1. The van der Waals surface area contributed by atoms with Crippen molar-refractivity contribution in [3.05, 3.63) is 22.0 Å². The molecule has 0 aliphatic carbocycles. The molecule has 2 aromatic heterocycles. The number of fused-ring (bicyclic) bond motifs is 2. The van der Waals surface area contributed by atoms with Crippen LogP contribution in [0.4, 0.5) is 0 Å². The zero-order valence-electron chi connectivity index (χ0n) is 11.2. The van der Waals surface area contributed by atoms with E-state index in [1.807, 2.05) is 0 Å². The molecule has 0 saturated carbocycles. The average Bonchev–Trinajstić information content (AvgIpc) is 2.97. The normalized spacial score (nSPS) is 37.2. The second-order valence-corrected chi connectivity index (χ2v) is 6.75. The summed E-state index contributed by atoms with van der Waals surface area (Å²) in [6, 6.07) is 0. The number of H-pyrrole nitrogens is 1. The zero-order chi connectivity index (χ0) is 16.4. The lowest BCUT2D eigenvalue weighted by Crippen LogP contribution is -2.41. The van der Waals surface area contributed by atoms with Gasteiger partial charge in [-0.2, -0.15) is 0 Å². The number of aliphatic hydroxyl groups excluding tert-OH is 1.